The molecule has 2 amide bonds. The minimum Gasteiger partial charge on any atom is -0.465 e. The van der Waals surface area contributed by atoms with Gasteiger partial charge in [-0.05, 0) is 18.9 Å². The molecule has 2 heterocycles. The van der Waals surface area contributed by atoms with Crippen molar-refractivity contribution in [3.63, 3.8) is 0 Å². The lowest BCUT2D eigenvalue weighted by Crippen LogP contribution is -2.30. The van der Waals surface area contributed by atoms with Gasteiger partial charge in [0, 0.05) is 17.0 Å². The molecule has 0 fully saturated rings. The van der Waals surface area contributed by atoms with Crippen molar-refractivity contribution < 1.29 is 19.1 Å². The standard InChI is InChI=1S/C13H13NO4S/c1-4-8-7(2)19-12(11(8)13(17)18-3)14-9(15)5-6-10(14)16/h5-6H,4H2,1-3H3. The maximum atomic E-state index is 11.9. The summed E-state index contributed by atoms with van der Waals surface area (Å²) in [5, 5.41) is 0.348. The molecule has 1 aromatic rings. The van der Waals surface area contributed by atoms with Gasteiger partial charge in [0.2, 0.25) is 0 Å². The number of rotatable bonds is 3. The summed E-state index contributed by atoms with van der Waals surface area (Å²) < 4.78 is 4.76. The Morgan fingerprint density at radius 2 is 1.89 bits per heavy atom. The topological polar surface area (TPSA) is 63.7 Å². The first-order chi connectivity index (χ1) is 9.01. The minimum absolute atomic E-state index is 0.318. The number of nitrogens with zero attached hydrogens (tertiary/aromatic N) is 1. The van der Waals surface area contributed by atoms with E-state index < -0.39 is 17.8 Å². The van der Waals surface area contributed by atoms with Crippen molar-refractivity contribution in [2.45, 2.75) is 20.3 Å². The number of ether oxygens (including phenoxy) is 1. The van der Waals surface area contributed by atoms with Crippen LogP contribution in [-0.2, 0) is 20.7 Å². The Balaban J connectivity index is 2.61. The SMILES string of the molecule is CCc1c(C)sc(N2C(=O)C=CC2=O)c1C(=O)OC. The Bertz CT molecular complexity index is 582. The molecule has 0 N–H and O–H groups in total. The molecule has 2 rings (SSSR count). The number of esters is 1. The fraction of sp³-hybridized carbons (Fsp3) is 0.308. The van der Waals surface area contributed by atoms with Crippen molar-refractivity contribution in [3.05, 3.63) is 28.2 Å². The zero-order chi connectivity index (χ0) is 14.2. The van der Waals surface area contributed by atoms with Crippen LogP contribution in [-0.4, -0.2) is 24.9 Å². The molecule has 1 aromatic heterocycles. The van der Waals surface area contributed by atoms with Crippen molar-refractivity contribution in [3.8, 4) is 0 Å². The summed E-state index contributed by atoms with van der Waals surface area (Å²) in [6.07, 6.45) is 3.03. The van der Waals surface area contributed by atoms with E-state index in [1.54, 1.807) is 0 Å². The van der Waals surface area contributed by atoms with E-state index in [2.05, 4.69) is 0 Å². The van der Waals surface area contributed by atoms with E-state index in [-0.39, 0.29) is 0 Å². The Morgan fingerprint density at radius 1 is 1.32 bits per heavy atom. The molecule has 0 unspecified atom stereocenters. The van der Waals surface area contributed by atoms with Crippen LogP contribution in [0.15, 0.2) is 12.2 Å². The largest absolute Gasteiger partial charge is 0.465 e. The van der Waals surface area contributed by atoms with Crippen LogP contribution >= 0.6 is 11.3 Å². The molecule has 0 aromatic carbocycles. The van der Waals surface area contributed by atoms with Crippen molar-refractivity contribution in [2.75, 3.05) is 12.0 Å². The molecular weight excluding hydrogens is 266 g/mol. The summed E-state index contributed by atoms with van der Waals surface area (Å²) in [6.45, 7) is 3.77. The number of hydrogen-bond donors (Lipinski definition) is 0. The van der Waals surface area contributed by atoms with Gasteiger partial charge in [0.05, 0.1) is 12.7 Å². The van der Waals surface area contributed by atoms with E-state index >= 15 is 0 Å². The highest BCUT2D eigenvalue weighted by molar-refractivity contribution is 7.17. The summed E-state index contributed by atoms with van der Waals surface area (Å²) in [6, 6.07) is 0. The molecule has 0 saturated carbocycles. The molecule has 1 aliphatic rings. The summed E-state index contributed by atoms with van der Waals surface area (Å²) in [7, 11) is 1.28. The summed E-state index contributed by atoms with van der Waals surface area (Å²) in [5.74, 6) is -1.39. The number of carbonyl (C=O) groups excluding carboxylic acids is 3. The highest BCUT2D eigenvalue weighted by atomic mass is 32.1. The fourth-order valence-electron chi connectivity index (χ4n) is 2.06. The molecule has 19 heavy (non-hydrogen) atoms. The summed E-state index contributed by atoms with van der Waals surface area (Å²) in [5.41, 5.74) is 1.14. The van der Waals surface area contributed by atoms with Gasteiger partial charge in [0.15, 0.2) is 0 Å². The third-order valence-corrected chi connectivity index (χ3v) is 4.08. The third-order valence-electron chi connectivity index (χ3n) is 2.95. The lowest BCUT2D eigenvalue weighted by molar-refractivity contribution is -0.119. The van der Waals surface area contributed by atoms with Crippen molar-refractivity contribution >= 4 is 34.1 Å². The van der Waals surface area contributed by atoms with Crippen LogP contribution in [0.4, 0.5) is 5.00 Å². The van der Waals surface area contributed by atoms with Gasteiger partial charge in [-0.3, -0.25) is 9.59 Å². The van der Waals surface area contributed by atoms with E-state index in [0.717, 1.165) is 15.3 Å². The number of carbonyl (C=O) groups is 3. The molecule has 6 heteroatoms. The first-order valence-electron chi connectivity index (χ1n) is 5.78. The minimum atomic E-state index is -0.524. The molecule has 100 valence electrons. The Morgan fingerprint density at radius 3 is 2.37 bits per heavy atom. The van der Waals surface area contributed by atoms with Gasteiger partial charge in [0.25, 0.3) is 11.8 Å². The number of methoxy groups -OCH3 is 1. The van der Waals surface area contributed by atoms with Crippen LogP contribution in [0.3, 0.4) is 0 Å². The first-order valence-corrected chi connectivity index (χ1v) is 6.59. The van der Waals surface area contributed by atoms with Crippen molar-refractivity contribution in [1.29, 1.82) is 0 Å². The van der Waals surface area contributed by atoms with E-state index in [1.807, 2.05) is 13.8 Å². The average molecular weight is 279 g/mol. The Kier molecular flexibility index (Phi) is 3.53. The molecule has 0 aliphatic carbocycles. The molecular formula is C13H13NO4S. The van der Waals surface area contributed by atoms with Crippen LogP contribution in [0.1, 0.15) is 27.7 Å². The van der Waals surface area contributed by atoms with E-state index in [9.17, 15) is 14.4 Å². The first kappa shape index (κ1) is 13.5. The molecule has 0 bridgehead atoms. The number of anilines is 1. The number of thiophene rings is 1. The van der Waals surface area contributed by atoms with Gasteiger partial charge in [-0.25, -0.2) is 9.69 Å². The number of hydrogen-bond acceptors (Lipinski definition) is 5. The molecule has 0 radical (unpaired) electrons. The predicted octanol–water partition coefficient (Wildman–Crippen LogP) is 1.83. The monoisotopic (exact) mass is 279 g/mol. The van der Waals surface area contributed by atoms with Gasteiger partial charge in [-0.15, -0.1) is 11.3 Å². The Labute approximate surface area is 114 Å². The maximum absolute atomic E-state index is 11.9. The molecule has 5 nitrogen and oxygen atoms in total. The number of amides is 2. The third kappa shape index (κ3) is 2.08. The summed E-state index contributed by atoms with van der Waals surface area (Å²) >= 11 is 1.26. The van der Waals surface area contributed by atoms with Crippen LogP contribution in [0.2, 0.25) is 0 Å². The average Bonchev–Trinajstić information content (AvgIpc) is 2.88. The second kappa shape index (κ2) is 4.97. The number of aryl methyl sites for hydroxylation is 1. The van der Waals surface area contributed by atoms with Crippen LogP contribution in [0.25, 0.3) is 0 Å². The predicted molar refractivity (Wildman–Crippen MR) is 71.4 cm³/mol. The highest BCUT2D eigenvalue weighted by Crippen LogP contribution is 2.38. The van der Waals surface area contributed by atoms with Crippen LogP contribution in [0.5, 0.6) is 0 Å². The van der Waals surface area contributed by atoms with Gasteiger partial charge in [-0.2, -0.15) is 0 Å². The van der Waals surface area contributed by atoms with E-state index in [0.29, 0.717) is 17.0 Å². The smallest absolute Gasteiger partial charge is 0.341 e. The number of imide groups is 1. The molecule has 0 atom stereocenters. The normalized spacial score (nSPS) is 14.4. The van der Waals surface area contributed by atoms with Gasteiger partial charge in [0.1, 0.15) is 5.00 Å². The fourth-order valence-corrected chi connectivity index (χ4v) is 3.30. The highest BCUT2D eigenvalue weighted by Gasteiger charge is 2.33. The zero-order valence-electron chi connectivity index (χ0n) is 10.9. The maximum Gasteiger partial charge on any atom is 0.341 e. The van der Waals surface area contributed by atoms with Crippen LogP contribution < -0.4 is 4.90 Å². The lowest BCUT2D eigenvalue weighted by Gasteiger charge is -2.13. The Hall–Kier alpha value is -1.95. The summed E-state index contributed by atoms with van der Waals surface area (Å²) in [4.78, 5) is 37.3. The quantitative estimate of drug-likeness (QED) is 0.625. The molecule has 0 saturated heterocycles. The zero-order valence-corrected chi connectivity index (χ0v) is 11.7. The van der Waals surface area contributed by atoms with Crippen LogP contribution in [0, 0.1) is 6.92 Å². The van der Waals surface area contributed by atoms with Gasteiger partial charge < -0.3 is 4.74 Å². The van der Waals surface area contributed by atoms with E-state index in [1.165, 1.54) is 30.6 Å². The second-order valence-electron chi connectivity index (χ2n) is 4.01. The van der Waals surface area contributed by atoms with Crippen molar-refractivity contribution in [2.24, 2.45) is 0 Å². The van der Waals surface area contributed by atoms with Gasteiger partial charge >= 0.3 is 5.97 Å². The molecule has 0 spiro atoms. The van der Waals surface area contributed by atoms with Crippen molar-refractivity contribution in [1.82, 2.24) is 0 Å². The second-order valence-corrected chi connectivity index (χ2v) is 5.21. The van der Waals surface area contributed by atoms with E-state index in [4.69, 9.17) is 4.74 Å². The lowest BCUT2D eigenvalue weighted by atomic mass is 10.1. The van der Waals surface area contributed by atoms with Gasteiger partial charge in [-0.1, -0.05) is 6.92 Å². The molecule has 1 aliphatic heterocycles.